The summed E-state index contributed by atoms with van der Waals surface area (Å²) in [6.07, 6.45) is 2.83. The molecule has 0 bridgehead atoms. The number of hydrogen-bond donors (Lipinski definition) is 1. The summed E-state index contributed by atoms with van der Waals surface area (Å²) in [6, 6.07) is 0.0210. The predicted octanol–water partition coefficient (Wildman–Crippen LogP) is 0.396. The van der Waals surface area contributed by atoms with Gasteiger partial charge in [0.25, 0.3) is 0 Å². The minimum atomic E-state index is 0.00926. The van der Waals surface area contributed by atoms with Crippen molar-refractivity contribution in [2.24, 2.45) is 0 Å². The van der Waals surface area contributed by atoms with Crippen LogP contribution in [-0.4, -0.2) is 48.3 Å². The highest BCUT2D eigenvalue weighted by Crippen LogP contribution is 2.16. The Labute approximate surface area is 84.8 Å². The number of aliphatic hydroxyl groups is 1. The fraction of sp³-hybridized carbons (Fsp3) is 0.900. The van der Waals surface area contributed by atoms with Gasteiger partial charge in [0.15, 0.2) is 0 Å². The zero-order valence-electron chi connectivity index (χ0n) is 8.74. The number of carbonyl (C=O) groups is 1. The summed E-state index contributed by atoms with van der Waals surface area (Å²) in [5, 5.41) is 9.02. The average molecular weight is 201 g/mol. The molecule has 1 atom stereocenters. The maximum Gasteiger partial charge on any atom is 0.248 e. The van der Waals surface area contributed by atoms with Gasteiger partial charge in [-0.3, -0.25) is 4.79 Å². The molecule has 1 fully saturated rings. The van der Waals surface area contributed by atoms with Crippen molar-refractivity contribution >= 4 is 5.91 Å². The Hall–Kier alpha value is -0.610. The maximum atomic E-state index is 11.6. The van der Waals surface area contributed by atoms with E-state index in [9.17, 15) is 4.79 Å². The number of ether oxygens (including phenoxy) is 1. The van der Waals surface area contributed by atoms with Gasteiger partial charge in [-0.15, -0.1) is 0 Å². The second kappa shape index (κ2) is 5.98. The summed E-state index contributed by atoms with van der Waals surface area (Å²) in [7, 11) is 0. The molecule has 0 aromatic rings. The molecule has 1 aliphatic rings. The quantitative estimate of drug-likeness (QED) is 0.655. The molecule has 82 valence electrons. The van der Waals surface area contributed by atoms with E-state index in [0.717, 1.165) is 25.8 Å². The van der Waals surface area contributed by atoms with Gasteiger partial charge in [-0.25, -0.2) is 0 Å². The van der Waals surface area contributed by atoms with Gasteiger partial charge in [0.2, 0.25) is 5.91 Å². The van der Waals surface area contributed by atoms with Crippen LogP contribution in [0.4, 0.5) is 0 Å². The summed E-state index contributed by atoms with van der Waals surface area (Å²) in [5.41, 5.74) is 0. The Balaban J connectivity index is 2.28. The Morgan fingerprint density at radius 3 is 3.07 bits per heavy atom. The third kappa shape index (κ3) is 2.96. The van der Waals surface area contributed by atoms with Crippen molar-refractivity contribution in [3.05, 3.63) is 0 Å². The topological polar surface area (TPSA) is 49.8 Å². The molecule has 1 amide bonds. The van der Waals surface area contributed by atoms with E-state index < -0.39 is 0 Å². The van der Waals surface area contributed by atoms with Crippen LogP contribution < -0.4 is 0 Å². The molecule has 0 spiro atoms. The normalized spacial score (nSPS) is 21.6. The molecule has 0 aliphatic carbocycles. The number of aliphatic hydroxyl groups excluding tert-OH is 1. The second-order valence-corrected chi connectivity index (χ2v) is 3.62. The molecule has 1 unspecified atom stereocenters. The van der Waals surface area contributed by atoms with E-state index in [1.54, 1.807) is 4.90 Å². The van der Waals surface area contributed by atoms with Crippen LogP contribution >= 0.6 is 0 Å². The lowest BCUT2D eigenvalue weighted by Crippen LogP contribution is -2.39. The van der Waals surface area contributed by atoms with Gasteiger partial charge in [-0.1, -0.05) is 6.92 Å². The molecule has 0 aromatic heterocycles. The van der Waals surface area contributed by atoms with Gasteiger partial charge >= 0.3 is 0 Å². The monoisotopic (exact) mass is 201 g/mol. The Morgan fingerprint density at radius 2 is 2.43 bits per heavy atom. The molecule has 4 heteroatoms. The van der Waals surface area contributed by atoms with Crippen LogP contribution in [0.2, 0.25) is 0 Å². The van der Waals surface area contributed by atoms with Crippen molar-refractivity contribution in [1.29, 1.82) is 0 Å². The minimum absolute atomic E-state index is 0.00926. The number of carbonyl (C=O) groups excluding carboxylic acids is 1. The number of nitrogens with zero attached hydrogens (tertiary/aromatic N) is 1. The minimum Gasteiger partial charge on any atom is -0.394 e. The Morgan fingerprint density at radius 1 is 1.64 bits per heavy atom. The fourth-order valence-electron chi connectivity index (χ4n) is 1.74. The predicted molar refractivity (Wildman–Crippen MR) is 52.9 cm³/mol. The summed E-state index contributed by atoms with van der Waals surface area (Å²) in [6.45, 7) is 3.63. The Kier molecular flexibility index (Phi) is 4.90. The van der Waals surface area contributed by atoms with Crippen LogP contribution in [0.15, 0.2) is 0 Å². The first-order valence-electron chi connectivity index (χ1n) is 5.27. The van der Waals surface area contributed by atoms with Crippen molar-refractivity contribution in [3.8, 4) is 0 Å². The maximum absolute atomic E-state index is 11.6. The lowest BCUT2D eigenvalue weighted by molar-refractivity contribution is -0.137. The number of amides is 1. The largest absolute Gasteiger partial charge is 0.394 e. The summed E-state index contributed by atoms with van der Waals surface area (Å²) in [5.74, 6) is 0.00926. The van der Waals surface area contributed by atoms with Crippen molar-refractivity contribution in [3.63, 3.8) is 0 Å². The lowest BCUT2D eigenvalue weighted by Gasteiger charge is -2.22. The van der Waals surface area contributed by atoms with E-state index in [1.165, 1.54) is 0 Å². The molecule has 1 N–H and O–H groups in total. The summed E-state index contributed by atoms with van der Waals surface area (Å²) >= 11 is 0. The first-order chi connectivity index (χ1) is 6.79. The van der Waals surface area contributed by atoms with Crippen LogP contribution in [0.3, 0.4) is 0 Å². The first kappa shape index (κ1) is 11.5. The highest BCUT2D eigenvalue weighted by molar-refractivity contribution is 5.78. The van der Waals surface area contributed by atoms with Crippen LogP contribution in [0, 0.1) is 0 Å². The molecular weight excluding hydrogens is 182 g/mol. The van der Waals surface area contributed by atoms with Gasteiger partial charge < -0.3 is 14.7 Å². The molecule has 1 rings (SSSR count). The van der Waals surface area contributed by atoms with Crippen molar-refractivity contribution in [1.82, 2.24) is 4.90 Å². The molecule has 1 aliphatic heterocycles. The smallest absolute Gasteiger partial charge is 0.248 e. The van der Waals surface area contributed by atoms with E-state index in [-0.39, 0.29) is 25.2 Å². The summed E-state index contributed by atoms with van der Waals surface area (Å²) in [4.78, 5) is 13.3. The highest BCUT2D eigenvalue weighted by atomic mass is 16.5. The van der Waals surface area contributed by atoms with E-state index in [2.05, 4.69) is 0 Å². The number of likely N-dealkylation sites (tertiary alicyclic amines) is 1. The molecule has 1 heterocycles. The van der Waals surface area contributed by atoms with Crippen LogP contribution in [-0.2, 0) is 9.53 Å². The zero-order chi connectivity index (χ0) is 10.4. The van der Waals surface area contributed by atoms with Gasteiger partial charge in [-0.05, 0) is 19.3 Å². The van der Waals surface area contributed by atoms with E-state index in [0.29, 0.717) is 6.61 Å². The van der Waals surface area contributed by atoms with E-state index in [4.69, 9.17) is 9.84 Å². The van der Waals surface area contributed by atoms with Crippen molar-refractivity contribution in [2.75, 3.05) is 26.4 Å². The molecule has 14 heavy (non-hydrogen) atoms. The van der Waals surface area contributed by atoms with Gasteiger partial charge in [0.05, 0.1) is 12.6 Å². The molecule has 0 aromatic carbocycles. The number of hydrogen-bond acceptors (Lipinski definition) is 3. The van der Waals surface area contributed by atoms with Crippen LogP contribution in [0.1, 0.15) is 26.2 Å². The molecule has 0 radical (unpaired) electrons. The van der Waals surface area contributed by atoms with Gasteiger partial charge in [0, 0.05) is 13.2 Å². The third-order valence-electron chi connectivity index (χ3n) is 2.48. The zero-order valence-corrected chi connectivity index (χ0v) is 8.74. The van der Waals surface area contributed by atoms with Gasteiger partial charge in [0.1, 0.15) is 6.61 Å². The summed E-state index contributed by atoms with van der Waals surface area (Å²) < 4.78 is 5.18. The van der Waals surface area contributed by atoms with Crippen molar-refractivity contribution < 1.29 is 14.6 Å². The number of rotatable bonds is 5. The third-order valence-corrected chi connectivity index (χ3v) is 2.48. The average Bonchev–Trinajstić information content (AvgIpc) is 2.65. The highest BCUT2D eigenvalue weighted by Gasteiger charge is 2.27. The molecule has 0 saturated carbocycles. The molecule has 4 nitrogen and oxygen atoms in total. The van der Waals surface area contributed by atoms with E-state index >= 15 is 0 Å². The van der Waals surface area contributed by atoms with Gasteiger partial charge in [-0.2, -0.15) is 0 Å². The van der Waals surface area contributed by atoms with Crippen molar-refractivity contribution in [2.45, 2.75) is 32.2 Å². The molecular formula is C10H19NO3. The van der Waals surface area contributed by atoms with E-state index in [1.807, 2.05) is 6.92 Å². The second-order valence-electron chi connectivity index (χ2n) is 3.62. The fourth-order valence-corrected chi connectivity index (χ4v) is 1.74. The first-order valence-corrected chi connectivity index (χ1v) is 5.27. The van der Waals surface area contributed by atoms with Crippen LogP contribution in [0.5, 0.6) is 0 Å². The SMILES string of the molecule is CCCOCC(=O)N1CCCC1CO. The Bertz CT molecular complexity index is 184. The standard InChI is InChI=1S/C10H19NO3/c1-2-6-14-8-10(13)11-5-3-4-9(11)7-12/h9,12H,2-8H2,1H3. The van der Waals surface area contributed by atoms with Crippen LogP contribution in [0.25, 0.3) is 0 Å². The lowest BCUT2D eigenvalue weighted by atomic mass is 10.2. The molecule has 1 saturated heterocycles.